The summed E-state index contributed by atoms with van der Waals surface area (Å²) in [7, 11) is 2.10. The first-order chi connectivity index (χ1) is 6.29. The van der Waals surface area contributed by atoms with Gasteiger partial charge in [-0.15, -0.1) is 0 Å². The van der Waals surface area contributed by atoms with Crippen LogP contribution in [-0.2, 0) is 0 Å². The predicted octanol–water partition coefficient (Wildman–Crippen LogP) is 1.90. The van der Waals surface area contributed by atoms with Crippen LogP contribution in [0.4, 0.5) is 0 Å². The molecule has 0 radical (unpaired) electrons. The molecular weight excluding hydrogens is 186 g/mol. The molecule has 0 aromatic carbocycles. The van der Waals surface area contributed by atoms with E-state index >= 15 is 0 Å². The van der Waals surface area contributed by atoms with Crippen molar-refractivity contribution in [1.29, 1.82) is 0 Å². The minimum absolute atomic E-state index is 0.362. The Morgan fingerprint density at radius 1 is 1.46 bits per heavy atom. The van der Waals surface area contributed by atoms with Gasteiger partial charge in [0.05, 0.1) is 11.7 Å². The Morgan fingerprint density at radius 2 is 2.23 bits per heavy atom. The van der Waals surface area contributed by atoms with Crippen LogP contribution in [0.5, 0.6) is 0 Å². The highest BCUT2D eigenvalue weighted by molar-refractivity contribution is 6.30. The average molecular weight is 198 g/mol. The minimum Gasteiger partial charge on any atom is -0.298 e. The summed E-state index contributed by atoms with van der Waals surface area (Å²) in [5.41, 5.74) is 0.921. The van der Waals surface area contributed by atoms with Gasteiger partial charge in [-0.1, -0.05) is 11.6 Å². The fraction of sp³-hybridized carbons (Fsp3) is 0.556. The van der Waals surface area contributed by atoms with Gasteiger partial charge in [0.1, 0.15) is 0 Å². The van der Waals surface area contributed by atoms with Gasteiger partial charge in [-0.2, -0.15) is 0 Å². The smallest absolute Gasteiger partial charge is 0.152 e. The number of aromatic nitrogens is 2. The zero-order valence-electron chi connectivity index (χ0n) is 7.57. The van der Waals surface area contributed by atoms with Crippen LogP contribution in [0, 0.1) is 0 Å². The predicted molar refractivity (Wildman–Crippen MR) is 51.6 cm³/mol. The maximum absolute atomic E-state index is 5.97. The van der Waals surface area contributed by atoms with Crippen molar-refractivity contribution >= 4 is 11.6 Å². The molecule has 1 aromatic heterocycles. The summed E-state index contributed by atoms with van der Waals surface area (Å²) in [5, 5.41) is 0.543. The first-order valence-electron chi connectivity index (χ1n) is 4.45. The Kier molecular flexibility index (Phi) is 2.47. The van der Waals surface area contributed by atoms with Gasteiger partial charge in [0.25, 0.3) is 0 Å². The number of likely N-dealkylation sites (tertiary alicyclic amines) is 1. The summed E-state index contributed by atoms with van der Waals surface area (Å²) in [6, 6.07) is 0.362. The number of rotatable bonds is 1. The van der Waals surface area contributed by atoms with Crippen molar-refractivity contribution in [3.63, 3.8) is 0 Å². The van der Waals surface area contributed by atoms with E-state index in [2.05, 4.69) is 21.9 Å². The van der Waals surface area contributed by atoms with Crippen LogP contribution in [0.3, 0.4) is 0 Å². The van der Waals surface area contributed by atoms with Crippen molar-refractivity contribution < 1.29 is 0 Å². The number of hydrogen-bond donors (Lipinski definition) is 0. The van der Waals surface area contributed by atoms with Gasteiger partial charge in [0.2, 0.25) is 0 Å². The van der Waals surface area contributed by atoms with Gasteiger partial charge in [0.15, 0.2) is 5.15 Å². The first-order valence-corrected chi connectivity index (χ1v) is 4.83. The maximum atomic E-state index is 5.97. The van der Waals surface area contributed by atoms with Crippen LogP contribution < -0.4 is 0 Å². The van der Waals surface area contributed by atoms with E-state index < -0.39 is 0 Å². The molecule has 1 fully saturated rings. The quantitative estimate of drug-likeness (QED) is 0.689. The number of nitrogens with zero attached hydrogens (tertiary/aromatic N) is 3. The van der Waals surface area contributed by atoms with Crippen LogP contribution in [0.1, 0.15) is 24.6 Å². The van der Waals surface area contributed by atoms with E-state index in [1.165, 1.54) is 6.42 Å². The molecule has 0 aliphatic carbocycles. The van der Waals surface area contributed by atoms with E-state index in [0.29, 0.717) is 11.2 Å². The Balaban J connectivity index is 2.29. The summed E-state index contributed by atoms with van der Waals surface area (Å²) in [5.74, 6) is 0. The highest BCUT2D eigenvalue weighted by Gasteiger charge is 2.25. The van der Waals surface area contributed by atoms with E-state index in [4.69, 9.17) is 11.6 Å². The zero-order chi connectivity index (χ0) is 9.26. The summed E-state index contributed by atoms with van der Waals surface area (Å²) in [6.07, 6.45) is 5.68. The third-order valence-electron chi connectivity index (χ3n) is 2.52. The fourth-order valence-corrected chi connectivity index (χ4v) is 2.04. The highest BCUT2D eigenvalue weighted by Crippen LogP contribution is 2.31. The molecule has 1 aromatic rings. The second-order valence-corrected chi connectivity index (χ2v) is 3.73. The zero-order valence-corrected chi connectivity index (χ0v) is 8.33. The molecule has 0 spiro atoms. The topological polar surface area (TPSA) is 29.0 Å². The van der Waals surface area contributed by atoms with E-state index in [0.717, 1.165) is 18.7 Å². The van der Waals surface area contributed by atoms with Gasteiger partial charge in [-0.05, 0) is 26.4 Å². The van der Waals surface area contributed by atoms with Crippen molar-refractivity contribution in [3.8, 4) is 0 Å². The fourth-order valence-electron chi connectivity index (χ4n) is 1.81. The second kappa shape index (κ2) is 3.60. The third-order valence-corrected chi connectivity index (χ3v) is 2.81. The first kappa shape index (κ1) is 8.91. The summed E-state index contributed by atoms with van der Waals surface area (Å²) in [6.45, 7) is 1.12. The molecule has 70 valence electrons. The summed E-state index contributed by atoms with van der Waals surface area (Å²) in [4.78, 5) is 10.6. The highest BCUT2D eigenvalue weighted by atomic mass is 35.5. The molecule has 4 heteroatoms. The standard InChI is InChI=1S/C9H12ClN3/c1-13-6-2-3-7(13)8-9(10)12-5-4-11-8/h4-5,7H,2-3,6H2,1H3. The van der Waals surface area contributed by atoms with Crippen molar-refractivity contribution in [2.45, 2.75) is 18.9 Å². The van der Waals surface area contributed by atoms with Crippen molar-refractivity contribution in [3.05, 3.63) is 23.2 Å². The van der Waals surface area contributed by atoms with Gasteiger partial charge in [-0.25, -0.2) is 4.98 Å². The Hall–Kier alpha value is -0.670. The molecule has 0 bridgehead atoms. The van der Waals surface area contributed by atoms with E-state index in [1.807, 2.05) is 0 Å². The van der Waals surface area contributed by atoms with Gasteiger partial charge < -0.3 is 0 Å². The lowest BCUT2D eigenvalue weighted by Gasteiger charge is -2.18. The molecule has 2 heterocycles. The number of hydrogen-bond acceptors (Lipinski definition) is 3. The van der Waals surface area contributed by atoms with Crippen LogP contribution in [0.2, 0.25) is 5.15 Å². The SMILES string of the molecule is CN1CCCC1c1nccnc1Cl. The summed E-state index contributed by atoms with van der Waals surface area (Å²) >= 11 is 5.97. The maximum Gasteiger partial charge on any atom is 0.152 e. The third kappa shape index (κ3) is 1.67. The van der Waals surface area contributed by atoms with Crippen LogP contribution in [-0.4, -0.2) is 28.5 Å². The Morgan fingerprint density at radius 3 is 2.85 bits per heavy atom. The molecule has 0 N–H and O–H groups in total. The lowest BCUT2D eigenvalue weighted by molar-refractivity contribution is 0.311. The van der Waals surface area contributed by atoms with Gasteiger partial charge in [-0.3, -0.25) is 9.88 Å². The van der Waals surface area contributed by atoms with Crippen molar-refractivity contribution in [2.75, 3.05) is 13.6 Å². The van der Waals surface area contributed by atoms with E-state index in [1.54, 1.807) is 12.4 Å². The average Bonchev–Trinajstić information content (AvgIpc) is 2.52. The molecular formula is C9H12ClN3. The largest absolute Gasteiger partial charge is 0.298 e. The second-order valence-electron chi connectivity index (χ2n) is 3.37. The molecule has 13 heavy (non-hydrogen) atoms. The molecule has 1 atom stereocenters. The Bertz CT molecular complexity index is 303. The molecule has 3 nitrogen and oxygen atoms in total. The van der Waals surface area contributed by atoms with E-state index in [9.17, 15) is 0 Å². The molecule has 1 saturated heterocycles. The minimum atomic E-state index is 0.362. The molecule has 1 aliphatic rings. The number of halogens is 1. The lowest BCUT2D eigenvalue weighted by Crippen LogP contribution is -2.19. The molecule has 1 aliphatic heterocycles. The summed E-state index contributed by atoms with van der Waals surface area (Å²) < 4.78 is 0. The molecule has 0 saturated carbocycles. The molecule has 2 rings (SSSR count). The molecule has 0 amide bonds. The monoisotopic (exact) mass is 197 g/mol. The van der Waals surface area contributed by atoms with Crippen molar-refractivity contribution in [2.24, 2.45) is 0 Å². The van der Waals surface area contributed by atoms with Crippen molar-refractivity contribution in [1.82, 2.24) is 14.9 Å². The van der Waals surface area contributed by atoms with Gasteiger partial charge in [0, 0.05) is 12.4 Å². The van der Waals surface area contributed by atoms with Crippen LogP contribution >= 0.6 is 11.6 Å². The lowest BCUT2D eigenvalue weighted by atomic mass is 10.1. The van der Waals surface area contributed by atoms with E-state index in [-0.39, 0.29) is 0 Å². The Labute approximate surface area is 82.8 Å². The molecule has 1 unspecified atom stereocenters. The normalized spacial score (nSPS) is 23.7. The van der Waals surface area contributed by atoms with Crippen LogP contribution in [0.15, 0.2) is 12.4 Å². The van der Waals surface area contributed by atoms with Crippen LogP contribution in [0.25, 0.3) is 0 Å². The van der Waals surface area contributed by atoms with Gasteiger partial charge >= 0.3 is 0 Å².